The van der Waals surface area contributed by atoms with Crippen LogP contribution in [0.5, 0.6) is 0 Å². The molecule has 1 unspecified atom stereocenters. The number of ether oxygens (including phenoxy) is 1. The Morgan fingerprint density at radius 3 is 2.95 bits per heavy atom. The van der Waals surface area contributed by atoms with E-state index in [1.165, 1.54) is 0 Å². The van der Waals surface area contributed by atoms with E-state index in [0.717, 1.165) is 22.1 Å². The molecule has 0 aliphatic carbocycles. The third-order valence-electron chi connectivity index (χ3n) is 3.79. The number of halogens is 1. The smallest absolute Gasteiger partial charge is 0.229 e. The number of likely N-dealkylation sites (tertiary alicyclic amines) is 1. The van der Waals surface area contributed by atoms with Crippen molar-refractivity contribution < 1.29 is 14.3 Å². The molecule has 2 amide bonds. The predicted octanol–water partition coefficient (Wildman–Crippen LogP) is 2.58. The molecule has 0 radical (unpaired) electrons. The SMILES string of the molecule is COCCCN1CC(C(=O)Nc2ccc(Br)c(C)c2)CC1=O. The third kappa shape index (κ3) is 4.30. The summed E-state index contributed by atoms with van der Waals surface area (Å²) >= 11 is 3.43. The van der Waals surface area contributed by atoms with Gasteiger partial charge < -0.3 is 15.0 Å². The zero-order chi connectivity index (χ0) is 16.1. The highest BCUT2D eigenvalue weighted by Gasteiger charge is 2.33. The summed E-state index contributed by atoms with van der Waals surface area (Å²) in [4.78, 5) is 26.0. The second-order valence-corrected chi connectivity index (χ2v) is 6.39. The van der Waals surface area contributed by atoms with Crippen LogP contribution in [-0.2, 0) is 14.3 Å². The molecular weight excluding hydrogens is 348 g/mol. The molecule has 1 fully saturated rings. The van der Waals surface area contributed by atoms with Crippen molar-refractivity contribution in [3.8, 4) is 0 Å². The van der Waals surface area contributed by atoms with Gasteiger partial charge in [-0.3, -0.25) is 9.59 Å². The number of nitrogens with zero attached hydrogens (tertiary/aromatic N) is 1. The molecule has 5 nitrogen and oxygen atoms in total. The molecule has 1 aromatic rings. The van der Waals surface area contributed by atoms with Gasteiger partial charge in [-0.25, -0.2) is 0 Å². The summed E-state index contributed by atoms with van der Waals surface area (Å²) in [6.07, 6.45) is 1.08. The van der Waals surface area contributed by atoms with Gasteiger partial charge in [0.2, 0.25) is 11.8 Å². The average molecular weight is 369 g/mol. The molecule has 1 N–H and O–H groups in total. The van der Waals surface area contributed by atoms with E-state index >= 15 is 0 Å². The van der Waals surface area contributed by atoms with E-state index in [1.54, 1.807) is 12.0 Å². The molecule has 22 heavy (non-hydrogen) atoms. The number of hydrogen-bond acceptors (Lipinski definition) is 3. The van der Waals surface area contributed by atoms with Crippen LogP contribution in [0.1, 0.15) is 18.4 Å². The van der Waals surface area contributed by atoms with E-state index in [1.807, 2.05) is 25.1 Å². The number of carbonyl (C=O) groups excluding carboxylic acids is 2. The highest BCUT2D eigenvalue weighted by Crippen LogP contribution is 2.23. The lowest BCUT2D eigenvalue weighted by molar-refractivity contribution is -0.128. The van der Waals surface area contributed by atoms with Crippen molar-refractivity contribution in [1.29, 1.82) is 0 Å². The van der Waals surface area contributed by atoms with Gasteiger partial charge in [0.1, 0.15) is 0 Å². The number of aryl methyl sites for hydroxylation is 1. The minimum Gasteiger partial charge on any atom is -0.385 e. The molecule has 120 valence electrons. The normalized spacial score (nSPS) is 17.9. The van der Waals surface area contributed by atoms with Gasteiger partial charge in [-0.1, -0.05) is 15.9 Å². The number of nitrogens with one attached hydrogen (secondary N) is 1. The minimum atomic E-state index is -0.279. The summed E-state index contributed by atoms with van der Waals surface area (Å²) in [6.45, 7) is 3.73. The number of amides is 2. The molecule has 1 atom stereocenters. The fourth-order valence-corrected chi connectivity index (χ4v) is 2.78. The van der Waals surface area contributed by atoms with Gasteiger partial charge in [0, 0.05) is 43.4 Å². The number of benzene rings is 1. The average Bonchev–Trinajstić information content (AvgIpc) is 2.85. The summed E-state index contributed by atoms with van der Waals surface area (Å²) in [7, 11) is 1.64. The summed E-state index contributed by atoms with van der Waals surface area (Å²) in [5.74, 6) is -0.327. The fourth-order valence-electron chi connectivity index (χ4n) is 2.53. The maximum atomic E-state index is 12.3. The van der Waals surface area contributed by atoms with Gasteiger partial charge in [0.05, 0.1) is 5.92 Å². The summed E-state index contributed by atoms with van der Waals surface area (Å²) in [5, 5.41) is 2.90. The lowest BCUT2D eigenvalue weighted by Gasteiger charge is -2.16. The maximum Gasteiger partial charge on any atom is 0.229 e. The second kappa shape index (κ2) is 7.74. The molecule has 6 heteroatoms. The van der Waals surface area contributed by atoms with Crippen LogP contribution in [-0.4, -0.2) is 43.5 Å². The minimum absolute atomic E-state index is 0.0447. The lowest BCUT2D eigenvalue weighted by Crippen LogP contribution is -2.29. The van der Waals surface area contributed by atoms with E-state index in [4.69, 9.17) is 4.74 Å². The van der Waals surface area contributed by atoms with E-state index in [-0.39, 0.29) is 24.2 Å². The Kier molecular flexibility index (Phi) is 5.97. The highest BCUT2D eigenvalue weighted by molar-refractivity contribution is 9.10. The van der Waals surface area contributed by atoms with Crippen molar-refractivity contribution in [3.05, 3.63) is 28.2 Å². The van der Waals surface area contributed by atoms with Crippen LogP contribution in [0.2, 0.25) is 0 Å². The van der Waals surface area contributed by atoms with Crippen LogP contribution in [0.25, 0.3) is 0 Å². The Morgan fingerprint density at radius 2 is 2.27 bits per heavy atom. The third-order valence-corrected chi connectivity index (χ3v) is 4.68. The summed E-state index contributed by atoms with van der Waals surface area (Å²) in [6, 6.07) is 5.67. The fraction of sp³-hybridized carbons (Fsp3) is 0.500. The number of carbonyl (C=O) groups is 2. The first-order valence-corrected chi connectivity index (χ1v) is 8.14. The zero-order valence-electron chi connectivity index (χ0n) is 12.9. The van der Waals surface area contributed by atoms with Gasteiger partial charge in [-0.15, -0.1) is 0 Å². The Hall–Kier alpha value is -1.40. The monoisotopic (exact) mass is 368 g/mol. The molecule has 1 aliphatic rings. The van der Waals surface area contributed by atoms with E-state index in [2.05, 4.69) is 21.2 Å². The summed E-state index contributed by atoms with van der Waals surface area (Å²) < 4.78 is 6.00. The molecule has 0 bridgehead atoms. The van der Waals surface area contributed by atoms with Crippen LogP contribution < -0.4 is 5.32 Å². The van der Waals surface area contributed by atoms with Crippen LogP contribution >= 0.6 is 15.9 Å². The van der Waals surface area contributed by atoms with Crippen molar-refractivity contribution >= 4 is 33.4 Å². The maximum absolute atomic E-state index is 12.3. The first kappa shape index (κ1) is 17.0. The number of rotatable bonds is 6. The van der Waals surface area contributed by atoms with E-state index < -0.39 is 0 Å². The largest absolute Gasteiger partial charge is 0.385 e. The van der Waals surface area contributed by atoms with Crippen LogP contribution in [0.3, 0.4) is 0 Å². The van der Waals surface area contributed by atoms with Crippen molar-refractivity contribution in [3.63, 3.8) is 0 Å². The van der Waals surface area contributed by atoms with Gasteiger partial charge >= 0.3 is 0 Å². The predicted molar refractivity (Wildman–Crippen MR) is 88.7 cm³/mol. The lowest BCUT2D eigenvalue weighted by atomic mass is 10.1. The van der Waals surface area contributed by atoms with Crippen molar-refractivity contribution in [2.45, 2.75) is 19.8 Å². The van der Waals surface area contributed by atoms with Crippen molar-refractivity contribution in [2.75, 3.05) is 32.1 Å². The van der Waals surface area contributed by atoms with E-state index in [0.29, 0.717) is 19.7 Å². The van der Waals surface area contributed by atoms with Crippen LogP contribution in [0.4, 0.5) is 5.69 Å². The van der Waals surface area contributed by atoms with E-state index in [9.17, 15) is 9.59 Å². The Balaban J connectivity index is 1.90. The standard InChI is InChI=1S/C16H21BrN2O3/c1-11-8-13(4-5-14(11)17)18-16(21)12-9-15(20)19(10-12)6-3-7-22-2/h4-5,8,12H,3,6-7,9-10H2,1-2H3,(H,18,21). The second-order valence-electron chi connectivity index (χ2n) is 5.54. The first-order valence-electron chi connectivity index (χ1n) is 7.35. The summed E-state index contributed by atoms with van der Waals surface area (Å²) in [5.41, 5.74) is 1.82. The van der Waals surface area contributed by atoms with Crippen LogP contribution in [0, 0.1) is 12.8 Å². The number of hydrogen-bond donors (Lipinski definition) is 1. The molecule has 1 saturated heterocycles. The molecule has 0 aromatic heterocycles. The van der Waals surface area contributed by atoms with Crippen molar-refractivity contribution in [2.24, 2.45) is 5.92 Å². The molecule has 1 aliphatic heterocycles. The zero-order valence-corrected chi connectivity index (χ0v) is 14.5. The highest BCUT2D eigenvalue weighted by atomic mass is 79.9. The molecular formula is C16H21BrN2O3. The Labute approximate surface area is 139 Å². The molecule has 1 aromatic carbocycles. The molecule has 1 heterocycles. The Morgan fingerprint density at radius 1 is 1.50 bits per heavy atom. The van der Waals surface area contributed by atoms with Crippen molar-refractivity contribution in [1.82, 2.24) is 4.90 Å². The molecule has 2 rings (SSSR count). The van der Waals surface area contributed by atoms with Gasteiger partial charge in [-0.2, -0.15) is 0 Å². The molecule has 0 saturated carbocycles. The first-order chi connectivity index (χ1) is 10.5. The molecule has 0 spiro atoms. The quantitative estimate of drug-likeness (QED) is 0.785. The topological polar surface area (TPSA) is 58.6 Å². The van der Waals surface area contributed by atoms with Gasteiger partial charge in [0.25, 0.3) is 0 Å². The number of anilines is 1. The van der Waals surface area contributed by atoms with Gasteiger partial charge in [-0.05, 0) is 37.1 Å². The number of methoxy groups -OCH3 is 1. The van der Waals surface area contributed by atoms with Gasteiger partial charge in [0.15, 0.2) is 0 Å². The van der Waals surface area contributed by atoms with Crippen LogP contribution in [0.15, 0.2) is 22.7 Å². The Bertz CT molecular complexity index is 562.